The standard InChI is InChI=1S/C11H20N2O5S2/c1-19(15,16)13-5-3-12(4-6-13)11(14)8-10-2-7-20(17,18)9-10/h10H,2-9H2,1H3. The Labute approximate surface area is 119 Å². The summed E-state index contributed by atoms with van der Waals surface area (Å²) in [5.41, 5.74) is 0. The number of amides is 1. The van der Waals surface area contributed by atoms with E-state index < -0.39 is 19.9 Å². The molecule has 9 heteroatoms. The lowest BCUT2D eigenvalue weighted by molar-refractivity contribution is -0.133. The normalized spacial score (nSPS) is 27.6. The van der Waals surface area contributed by atoms with Gasteiger partial charge in [-0.1, -0.05) is 0 Å². The van der Waals surface area contributed by atoms with E-state index in [4.69, 9.17) is 0 Å². The molecule has 20 heavy (non-hydrogen) atoms. The van der Waals surface area contributed by atoms with Gasteiger partial charge >= 0.3 is 0 Å². The Kier molecular flexibility index (Phi) is 4.41. The summed E-state index contributed by atoms with van der Waals surface area (Å²) in [6.45, 7) is 1.39. The van der Waals surface area contributed by atoms with Crippen molar-refractivity contribution in [3.05, 3.63) is 0 Å². The lowest BCUT2D eigenvalue weighted by atomic mass is 10.0. The molecule has 0 radical (unpaired) electrons. The minimum absolute atomic E-state index is 0.0692. The molecule has 2 aliphatic heterocycles. The summed E-state index contributed by atoms with van der Waals surface area (Å²) in [7, 11) is -6.15. The van der Waals surface area contributed by atoms with Crippen LogP contribution in [0.1, 0.15) is 12.8 Å². The van der Waals surface area contributed by atoms with E-state index in [9.17, 15) is 21.6 Å². The molecule has 0 aliphatic carbocycles. The lowest BCUT2D eigenvalue weighted by Crippen LogP contribution is -2.50. The van der Waals surface area contributed by atoms with Gasteiger partial charge in [0.15, 0.2) is 9.84 Å². The number of sulfonamides is 1. The number of sulfone groups is 1. The molecule has 2 saturated heterocycles. The Morgan fingerprint density at radius 1 is 1.20 bits per heavy atom. The van der Waals surface area contributed by atoms with Crippen molar-refractivity contribution < 1.29 is 21.6 Å². The summed E-state index contributed by atoms with van der Waals surface area (Å²) in [5, 5.41) is 0. The summed E-state index contributed by atoms with van der Waals surface area (Å²) in [5.74, 6) is 0.121. The van der Waals surface area contributed by atoms with Crippen LogP contribution >= 0.6 is 0 Å². The van der Waals surface area contributed by atoms with E-state index in [0.29, 0.717) is 32.6 Å². The molecule has 1 amide bonds. The zero-order valence-electron chi connectivity index (χ0n) is 11.5. The first kappa shape index (κ1) is 15.7. The van der Waals surface area contributed by atoms with Crippen molar-refractivity contribution in [3.63, 3.8) is 0 Å². The molecule has 0 aromatic heterocycles. The average Bonchev–Trinajstić information content (AvgIpc) is 2.67. The number of hydrogen-bond donors (Lipinski definition) is 0. The van der Waals surface area contributed by atoms with E-state index in [-0.39, 0.29) is 29.8 Å². The molecule has 116 valence electrons. The van der Waals surface area contributed by atoms with Crippen LogP contribution in [0.4, 0.5) is 0 Å². The number of piperazine rings is 1. The summed E-state index contributed by atoms with van der Waals surface area (Å²) in [4.78, 5) is 13.7. The van der Waals surface area contributed by atoms with Crippen molar-refractivity contribution >= 4 is 25.8 Å². The predicted molar refractivity (Wildman–Crippen MR) is 74.4 cm³/mol. The second-order valence-electron chi connectivity index (χ2n) is 5.52. The van der Waals surface area contributed by atoms with E-state index in [1.54, 1.807) is 4.90 Å². The third kappa shape index (κ3) is 3.92. The number of carbonyl (C=O) groups is 1. The first-order valence-electron chi connectivity index (χ1n) is 6.61. The fourth-order valence-corrected chi connectivity index (χ4v) is 5.37. The second kappa shape index (κ2) is 5.61. The van der Waals surface area contributed by atoms with Crippen molar-refractivity contribution in [2.24, 2.45) is 5.92 Å². The zero-order valence-corrected chi connectivity index (χ0v) is 13.1. The zero-order chi connectivity index (χ0) is 15.0. The molecular weight excluding hydrogens is 304 g/mol. The van der Waals surface area contributed by atoms with E-state index >= 15 is 0 Å². The van der Waals surface area contributed by atoms with Gasteiger partial charge in [-0.3, -0.25) is 4.79 Å². The van der Waals surface area contributed by atoms with Crippen LogP contribution in [0.3, 0.4) is 0 Å². The predicted octanol–water partition coefficient (Wildman–Crippen LogP) is -1.08. The third-order valence-corrected chi connectivity index (χ3v) is 6.99. The molecule has 0 bridgehead atoms. The van der Waals surface area contributed by atoms with Crippen LogP contribution in [0.2, 0.25) is 0 Å². The Hall–Kier alpha value is -0.670. The molecule has 1 atom stereocenters. The average molecular weight is 324 g/mol. The van der Waals surface area contributed by atoms with Crippen molar-refractivity contribution in [1.29, 1.82) is 0 Å². The maximum Gasteiger partial charge on any atom is 0.222 e. The van der Waals surface area contributed by atoms with Crippen LogP contribution in [0, 0.1) is 5.92 Å². The van der Waals surface area contributed by atoms with Crippen LogP contribution in [0.25, 0.3) is 0 Å². The Balaban J connectivity index is 1.84. The van der Waals surface area contributed by atoms with E-state index in [1.165, 1.54) is 4.31 Å². The first-order chi connectivity index (χ1) is 9.17. The van der Waals surface area contributed by atoms with E-state index in [2.05, 4.69) is 0 Å². The minimum atomic E-state index is -3.20. The maximum absolute atomic E-state index is 12.1. The highest BCUT2D eigenvalue weighted by Crippen LogP contribution is 2.22. The fraction of sp³-hybridized carbons (Fsp3) is 0.909. The Bertz CT molecular complexity index is 576. The van der Waals surface area contributed by atoms with Crippen LogP contribution in [0.5, 0.6) is 0 Å². The molecule has 0 spiro atoms. The summed E-state index contributed by atoms with van der Waals surface area (Å²) in [6.07, 6.45) is 1.96. The highest BCUT2D eigenvalue weighted by molar-refractivity contribution is 7.91. The van der Waals surface area contributed by atoms with Crippen LogP contribution in [0.15, 0.2) is 0 Å². The van der Waals surface area contributed by atoms with Gasteiger partial charge in [0, 0.05) is 32.6 Å². The largest absolute Gasteiger partial charge is 0.340 e. The van der Waals surface area contributed by atoms with Gasteiger partial charge in [0.2, 0.25) is 15.9 Å². The number of rotatable bonds is 3. The molecule has 2 heterocycles. The molecule has 0 N–H and O–H groups in total. The summed E-state index contributed by atoms with van der Waals surface area (Å²) in [6, 6.07) is 0. The monoisotopic (exact) mass is 324 g/mol. The topological polar surface area (TPSA) is 91.8 Å². The maximum atomic E-state index is 12.1. The summed E-state index contributed by atoms with van der Waals surface area (Å²) >= 11 is 0. The molecule has 2 rings (SSSR count). The molecule has 0 aromatic rings. The first-order valence-corrected chi connectivity index (χ1v) is 10.3. The van der Waals surface area contributed by atoms with Gasteiger partial charge < -0.3 is 4.90 Å². The molecule has 0 aromatic carbocycles. The van der Waals surface area contributed by atoms with Crippen LogP contribution in [-0.2, 0) is 24.7 Å². The quantitative estimate of drug-likeness (QED) is 0.658. The number of hydrogen-bond acceptors (Lipinski definition) is 5. The van der Waals surface area contributed by atoms with Gasteiger partial charge in [0.25, 0.3) is 0 Å². The second-order valence-corrected chi connectivity index (χ2v) is 9.73. The van der Waals surface area contributed by atoms with Crippen molar-refractivity contribution in [3.8, 4) is 0 Å². The molecule has 0 saturated carbocycles. The molecular formula is C11H20N2O5S2. The fourth-order valence-electron chi connectivity index (χ4n) is 2.68. The number of nitrogens with zero attached hydrogens (tertiary/aromatic N) is 2. The van der Waals surface area contributed by atoms with Gasteiger partial charge in [-0.05, 0) is 12.3 Å². The molecule has 2 fully saturated rings. The summed E-state index contributed by atoms with van der Waals surface area (Å²) < 4.78 is 46.8. The van der Waals surface area contributed by atoms with Crippen LogP contribution in [-0.4, -0.2) is 75.9 Å². The van der Waals surface area contributed by atoms with Gasteiger partial charge in [-0.15, -0.1) is 0 Å². The van der Waals surface area contributed by atoms with Crippen LogP contribution < -0.4 is 0 Å². The number of carbonyl (C=O) groups excluding carboxylic acids is 1. The van der Waals surface area contributed by atoms with Gasteiger partial charge in [-0.2, -0.15) is 4.31 Å². The SMILES string of the molecule is CS(=O)(=O)N1CCN(C(=O)CC2CCS(=O)(=O)C2)CC1. The van der Waals surface area contributed by atoms with E-state index in [0.717, 1.165) is 6.26 Å². The van der Waals surface area contributed by atoms with Gasteiger partial charge in [0.05, 0.1) is 17.8 Å². The molecule has 1 unspecified atom stereocenters. The van der Waals surface area contributed by atoms with Crippen molar-refractivity contribution in [2.75, 3.05) is 43.9 Å². The van der Waals surface area contributed by atoms with Gasteiger partial charge in [0.1, 0.15) is 0 Å². The molecule has 7 nitrogen and oxygen atoms in total. The van der Waals surface area contributed by atoms with Crippen molar-refractivity contribution in [1.82, 2.24) is 9.21 Å². The highest BCUT2D eigenvalue weighted by Gasteiger charge is 2.32. The van der Waals surface area contributed by atoms with Crippen molar-refractivity contribution in [2.45, 2.75) is 12.8 Å². The Morgan fingerprint density at radius 2 is 1.80 bits per heavy atom. The lowest BCUT2D eigenvalue weighted by Gasteiger charge is -2.33. The van der Waals surface area contributed by atoms with Gasteiger partial charge in [-0.25, -0.2) is 16.8 Å². The Morgan fingerprint density at radius 3 is 2.25 bits per heavy atom. The minimum Gasteiger partial charge on any atom is -0.340 e. The van der Waals surface area contributed by atoms with E-state index in [1.807, 2.05) is 0 Å². The smallest absolute Gasteiger partial charge is 0.222 e. The highest BCUT2D eigenvalue weighted by atomic mass is 32.2. The third-order valence-electron chi connectivity index (χ3n) is 3.85. The molecule has 2 aliphatic rings.